The number of aromatic nitrogens is 1. The van der Waals surface area contributed by atoms with E-state index in [2.05, 4.69) is 0 Å². The van der Waals surface area contributed by atoms with E-state index in [9.17, 15) is 14.4 Å². The van der Waals surface area contributed by atoms with Gasteiger partial charge in [-0.1, -0.05) is 0 Å². The van der Waals surface area contributed by atoms with Crippen LogP contribution in [0.1, 0.15) is 20.3 Å². The Kier molecular flexibility index (Phi) is 5.31. The fraction of sp³-hybridized carbons (Fsp3) is 0.462. The Morgan fingerprint density at radius 3 is 1.85 bits per heavy atom. The highest BCUT2D eigenvalue weighted by atomic mass is 16.6. The SMILES string of the molecule is CCOC(=O)C(CC(=O)O)(C(=O)OCC)n1cccc1. The molecule has 0 aliphatic heterocycles. The number of carbonyl (C=O) groups is 3. The van der Waals surface area contributed by atoms with Gasteiger partial charge in [-0.15, -0.1) is 0 Å². The highest BCUT2D eigenvalue weighted by Gasteiger charge is 2.52. The molecule has 0 saturated carbocycles. The average Bonchev–Trinajstić information content (AvgIpc) is 2.90. The molecule has 0 aliphatic rings. The van der Waals surface area contributed by atoms with Crippen molar-refractivity contribution in [2.45, 2.75) is 25.8 Å². The van der Waals surface area contributed by atoms with Crippen molar-refractivity contribution in [3.63, 3.8) is 0 Å². The van der Waals surface area contributed by atoms with Crippen LogP contribution in [0.25, 0.3) is 0 Å². The number of carbonyl (C=O) groups excluding carboxylic acids is 2. The average molecular weight is 283 g/mol. The summed E-state index contributed by atoms with van der Waals surface area (Å²) in [5, 5.41) is 9.05. The summed E-state index contributed by atoms with van der Waals surface area (Å²) in [5.41, 5.74) is -2.04. The van der Waals surface area contributed by atoms with Gasteiger partial charge in [-0.3, -0.25) is 4.79 Å². The second kappa shape index (κ2) is 6.74. The van der Waals surface area contributed by atoms with Crippen molar-refractivity contribution in [1.29, 1.82) is 0 Å². The van der Waals surface area contributed by atoms with Gasteiger partial charge in [0, 0.05) is 12.4 Å². The zero-order chi connectivity index (χ0) is 15.2. The maximum atomic E-state index is 12.2. The molecule has 0 aliphatic carbocycles. The van der Waals surface area contributed by atoms with Gasteiger partial charge in [0.1, 0.15) is 0 Å². The normalized spacial score (nSPS) is 10.9. The van der Waals surface area contributed by atoms with Crippen LogP contribution in [-0.4, -0.2) is 40.8 Å². The van der Waals surface area contributed by atoms with Crippen molar-refractivity contribution in [2.24, 2.45) is 0 Å². The smallest absolute Gasteiger partial charge is 0.344 e. The van der Waals surface area contributed by atoms with Crippen molar-refractivity contribution < 1.29 is 29.0 Å². The number of carboxylic acids is 1. The summed E-state index contributed by atoms with van der Waals surface area (Å²) in [7, 11) is 0. The predicted octanol–water partition coefficient (Wildman–Crippen LogP) is 0.784. The Morgan fingerprint density at radius 1 is 1.05 bits per heavy atom. The summed E-state index contributed by atoms with van der Waals surface area (Å²) in [6, 6.07) is 3.16. The molecule has 0 atom stereocenters. The van der Waals surface area contributed by atoms with Gasteiger partial charge in [0.25, 0.3) is 0 Å². The first kappa shape index (κ1) is 15.7. The number of aliphatic carboxylic acids is 1. The van der Waals surface area contributed by atoms with E-state index in [4.69, 9.17) is 14.6 Å². The van der Waals surface area contributed by atoms with Gasteiger partial charge in [0.05, 0.1) is 19.6 Å². The number of hydrogen-bond donors (Lipinski definition) is 1. The van der Waals surface area contributed by atoms with Crippen LogP contribution in [0.2, 0.25) is 0 Å². The van der Waals surface area contributed by atoms with E-state index in [-0.39, 0.29) is 13.2 Å². The summed E-state index contributed by atoms with van der Waals surface area (Å²) >= 11 is 0. The molecule has 1 N–H and O–H groups in total. The summed E-state index contributed by atoms with van der Waals surface area (Å²) < 4.78 is 11.0. The molecule has 0 fully saturated rings. The van der Waals surface area contributed by atoms with Gasteiger partial charge >= 0.3 is 17.9 Å². The first-order valence-corrected chi connectivity index (χ1v) is 6.18. The molecule has 1 rings (SSSR count). The van der Waals surface area contributed by atoms with E-state index in [0.29, 0.717) is 0 Å². The van der Waals surface area contributed by atoms with Crippen LogP contribution in [0, 0.1) is 0 Å². The molecule has 1 aromatic heterocycles. The van der Waals surface area contributed by atoms with Crippen LogP contribution < -0.4 is 0 Å². The molecule has 110 valence electrons. The largest absolute Gasteiger partial charge is 0.481 e. The molecule has 0 radical (unpaired) electrons. The van der Waals surface area contributed by atoms with Crippen molar-refractivity contribution in [3.8, 4) is 0 Å². The number of esters is 2. The van der Waals surface area contributed by atoms with Crippen molar-refractivity contribution in [3.05, 3.63) is 24.5 Å². The Hall–Kier alpha value is -2.31. The molecule has 1 heterocycles. The molecular formula is C13H17NO6. The predicted molar refractivity (Wildman–Crippen MR) is 67.9 cm³/mol. The maximum absolute atomic E-state index is 12.2. The van der Waals surface area contributed by atoms with E-state index < -0.39 is 29.9 Å². The first-order chi connectivity index (χ1) is 9.48. The topological polar surface area (TPSA) is 94.8 Å². The quantitative estimate of drug-likeness (QED) is 0.587. The number of carboxylic acid groups (broad SMARTS) is 1. The minimum Gasteiger partial charge on any atom is -0.481 e. The molecule has 20 heavy (non-hydrogen) atoms. The van der Waals surface area contributed by atoms with Crippen molar-refractivity contribution in [1.82, 2.24) is 4.57 Å². The number of nitrogens with zero attached hydrogens (tertiary/aromatic N) is 1. The van der Waals surface area contributed by atoms with Crippen LogP contribution in [0.3, 0.4) is 0 Å². The second-order valence-corrected chi connectivity index (χ2v) is 3.96. The lowest BCUT2D eigenvalue weighted by molar-refractivity contribution is -0.174. The van der Waals surface area contributed by atoms with Gasteiger partial charge in [-0.05, 0) is 26.0 Å². The lowest BCUT2D eigenvalue weighted by atomic mass is 9.94. The van der Waals surface area contributed by atoms with Gasteiger partial charge in [0.15, 0.2) is 0 Å². The van der Waals surface area contributed by atoms with Gasteiger partial charge < -0.3 is 19.1 Å². The highest BCUT2D eigenvalue weighted by molar-refractivity contribution is 6.05. The van der Waals surface area contributed by atoms with Gasteiger partial charge in [-0.2, -0.15) is 0 Å². The van der Waals surface area contributed by atoms with Gasteiger partial charge in [-0.25, -0.2) is 9.59 Å². The van der Waals surface area contributed by atoms with Crippen molar-refractivity contribution >= 4 is 17.9 Å². The van der Waals surface area contributed by atoms with Gasteiger partial charge in [0.2, 0.25) is 5.54 Å². The summed E-state index contributed by atoms with van der Waals surface area (Å²) in [4.78, 5) is 35.5. The third kappa shape index (κ3) is 2.98. The molecule has 0 amide bonds. The molecule has 7 nitrogen and oxygen atoms in total. The molecule has 0 aromatic carbocycles. The summed E-state index contributed by atoms with van der Waals surface area (Å²) in [6.07, 6.45) is 2.10. The third-order valence-corrected chi connectivity index (χ3v) is 2.68. The fourth-order valence-corrected chi connectivity index (χ4v) is 1.84. The lowest BCUT2D eigenvalue weighted by Gasteiger charge is -2.29. The molecule has 0 unspecified atom stereocenters. The zero-order valence-corrected chi connectivity index (χ0v) is 11.4. The van der Waals surface area contributed by atoms with E-state index in [1.54, 1.807) is 26.0 Å². The summed E-state index contributed by atoms with van der Waals surface area (Å²) in [5.74, 6) is -3.20. The van der Waals surface area contributed by atoms with E-state index in [1.807, 2.05) is 0 Å². The maximum Gasteiger partial charge on any atom is 0.344 e. The Labute approximate surface area is 116 Å². The molecule has 0 bridgehead atoms. The Balaban J connectivity index is 3.35. The number of ether oxygens (including phenoxy) is 2. The van der Waals surface area contributed by atoms with Crippen LogP contribution in [0.15, 0.2) is 24.5 Å². The van der Waals surface area contributed by atoms with Crippen LogP contribution in [0.4, 0.5) is 0 Å². The minimum absolute atomic E-state index is 0.0286. The second-order valence-electron chi connectivity index (χ2n) is 3.96. The number of hydrogen-bond acceptors (Lipinski definition) is 5. The number of rotatable bonds is 7. The van der Waals surface area contributed by atoms with Crippen LogP contribution in [-0.2, 0) is 29.4 Å². The standard InChI is InChI=1S/C13H17NO6/c1-3-19-11(17)13(9-10(15)16,12(18)20-4-2)14-7-5-6-8-14/h5-8H,3-4,9H2,1-2H3,(H,15,16). The van der Waals surface area contributed by atoms with Crippen LogP contribution >= 0.6 is 0 Å². The monoisotopic (exact) mass is 283 g/mol. The fourth-order valence-electron chi connectivity index (χ4n) is 1.84. The molecule has 1 aromatic rings. The lowest BCUT2D eigenvalue weighted by Crippen LogP contribution is -2.52. The minimum atomic E-state index is -2.04. The zero-order valence-electron chi connectivity index (χ0n) is 11.4. The van der Waals surface area contributed by atoms with Crippen molar-refractivity contribution in [2.75, 3.05) is 13.2 Å². The molecule has 0 spiro atoms. The molecule has 7 heteroatoms. The Morgan fingerprint density at radius 2 is 1.50 bits per heavy atom. The van der Waals surface area contributed by atoms with E-state index in [0.717, 1.165) is 0 Å². The Bertz CT molecular complexity index is 461. The third-order valence-electron chi connectivity index (χ3n) is 2.68. The van der Waals surface area contributed by atoms with E-state index >= 15 is 0 Å². The first-order valence-electron chi connectivity index (χ1n) is 6.18. The highest BCUT2D eigenvalue weighted by Crippen LogP contribution is 2.26. The van der Waals surface area contributed by atoms with Crippen LogP contribution in [0.5, 0.6) is 0 Å². The summed E-state index contributed by atoms with van der Waals surface area (Å²) in [6.45, 7) is 3.20. The van der Waals surface area contributed by atoms with E-state index in [1.165, 1.54) is 17.0 Å². The molecule has 0 saturated heterocycles. The molecular weight excluding hydrogens is 266 g/mol.